The third kappa shape index (κ3) is 2.64. The second-order valence-electron chi connectivity index (χ2n) is 5.76. The highest BCUT2D eigenvalue weighted by molar-refractivity contribution is 5.87. The Hall–Kier alpha value is -2.29. The zero-order chi connectivity index (χ0) is 15.0. The second-order valence-corrected chi connectivity index (χ2v) is 5.76. The summed E-state index contributed by atoms with van der Waals surface area (Å²) in [7, 11) is 0. The largest absolute Gasteiger partial charge is 0.478 e. The second kappa shape index (κ2) is 5.24. The SMILES string of the molecule is Cc1cc(C)c2c(c1)CCN2Cc1ccc(C(=O)O)cc1. The van der Waals surface area contributed by atoms with E-state index in [1.54, 1.807) is 12.1 Å². The fourth-order valence-corrected chi connectivity index (χ4v) is 3.19. The summed E-state index contributed by atoms with van der Waals surface area (Å²) in [5, 5.41) is 8.94. The quantitative estimate of drug-likeness (QED) is 0.935. The van der Waals surface area contributed by atoms with Crippen LogP contribution in [0.4, 0.5) is 5.69 Å². The number of aromatic carboxylic acids is 1. The molecule has 1 N–H and O–H groups in total. The van der Waals surface area contributed by atoms with E-state index in [2.05, 4.69) is 30.9 Å². The van der Waals surface area contributed by atoms with Crippen LogP contribution >= 0.6 is 0 Å². The van der Waals surface area contributed by atoms with Crippen molar-refractivity contribution in [2.75, 3.05) is 11.4 Å². The lowest BCUT2D eigenvalue weighted by atomic mass is 10.0. The molecule has 0 saturated carbocycles. The van der Waals surface area contributed by atoms with Crippen LogP contribution in [0.15, 0.2) is 36.4 Å². The maximum Gasteiger partial charge on any atom is 0.335 e. The minimum absolute atomic E-state index is 0.340. The molecule has 3 nitrogen and oxygen atoms in total. The molecule has 0 spiro atoms. The van der Waals surface area contributed by atoms with Crippen LogP contribution in [-0.4, -0.2) is 17.6 Å². The Kier molecular flexibility index (Phi) is 3.42. The van der Waals surface area contributed by atoms with Gasteiger partial charge in [-0.15, -0.1) is 0 Å². The number of fused-ring (bicyclic) bond motifs is 1. The lowest BCUT2D eigenvalue weighted by molar-refractivity contribution is 0.0697. The number of hydrogen-bond acceptors (Lipinski definition) is 2. The van der Waals surface area contributed by atoms with Gasteiger partial charge < -0.3 is 10.0 Å². The molecular formula is C18H19NO2. The van der Waals surface area contributed by atoms with Crippen LogP contribution < -0.4 is 4.90 Å². The van der Waals surface area contributed by atoms with Gasteiger partial charge in [0.05, 0.1) is 5.56 Å². The van der Waals surface area contributed by atoms with Crippen LogP contribution in [0.2, 0.25) is 0 Å². The standard InChI is InChI=1S/C18H19NO2/c1-12-9-13(2)17-16(10-12)7-8-19(17)11-14-3-5-15(6-4-14)18(20)21/h3-6,9-10H,7-8,11H2,1-2H3,(H,20,21). The molecular weight excluding hydrogens is 262 g/mol. The van der Waals surface area contributed by atoms with Crippen LogP contribution in [0, 0.1) is 13.8 Å². The summed E-state index contributed by atoms with van der Waals surface area (Å²) in [6.45, 7) is 6.16. The van der Waals surface area contributed by atoms with Crippen LogP contribution in [0.25, 0.3) is 0 Å². The van der Waals surface area contributed by atoms with Crippen LogP contribution in [-0.2, 0) is 13.0 Å². The van der Waals surface area contributed by atoms with Gasteiger partial charge in [0.2, 0.25) is 0 Å². The van der Waals surface area contributed by atoms with Crippen molar-refractivity contribution in [1.29, 1.82) is 0 Å². The Morgan fingerprint density at radius 1 is 1.19 bits per heavy atom. The van der Waals surface area contributed by atoms with Gasteiger partial charge in [-0.2, -0.15) is 0 Å². The van der Waals surface area contributed by atoms with Crippen LogP contribution in [0.1, 0.15) is 32.6 Å². The van der Waals surface area contributed by atoms with E-state index in [4.69, 9.17) is 5.11 Å². The van der Waals surface area contributed by atoms with E-state index in [0.29, 0.717) is 5.56 Å². The molecule has 0 fully saturated rings. The molecule has 0 bridgehead atoms. The van der Waals surface area contributed by atoms with E-state index in [0.717, 1.165) is 25.1 Å². The fourth-order valence-electron chi connectivity index (χ4n) is 3.19. The first-order valence-corrected chi connectivity index (χ1v) is 7.22. The van der Waals surface area contributed by atoms with E-state index >= 15 is 0 Å². The van der Waals surface area contributed by atoms with Crippen molar-refractivity contribution >= 4 is 11.7 Å². The highest BCUT2D eigenvalue weighted by atomic mass is 16.4. The number of carbonyl (C=O) groups is 1. The minimum Gasteiger partial charge on any atom is -0.478 e. The highest BCUT2D eigenvalue weighted by Gasteiger charge is 2.21. The normalized spacial score (nSPS) is 13.3. The molecule has 0 aromatic heterocycles. The average Bonchev–Trinajstić information content (AvgIpc) is 2.82. The van der Waals surface area contributed by atoms with Crippen molar-refractivity contribution in [3.8, 4) is 0 Å². The predicted molar refractivity (Wildman–Crippen MR) is 84.1 cm³/mol. The van der Waals surface area contributed by atoms with Gasteiger partial charge in [-0.1, -0.05) is 29.8 Å². The van der Waals surface area contributed by atoms with E-state index in [9.17, 15) is 4.79 Å². The molecule has 3 heteroatoms. The first-order valence-electron chi connectivity index (χ1n) is 7.22. The third-order valence-corrected chi connectivity index (χ3v) is 4.07. The lowest BCUT2D eigenvalue weighted by Gasteiger charge is -2.22. The van der Waals surface area contributed by atoms with Crippen molar-refractivity contribution < 1.29 is 9.90 Å². The molecule has 108 valence electrons. The molecule has 21 heavy (non-hydrogen) atoms. The summed E-state index contributed by atoms with van der Waals surface area (Å²) in [5.74, 6) is -0.876. The molecule has 0 amide bonds. The summed E-state index contributed by atoms with van der Waals surface area (Å²) in [6, 6.07) is 11.7. The highest BCUT2D eigenvalue weighted by Crippen LogP contribution is 2.33. The molecule has 3 rings (SSSR count). The fraction of sp³-hybridized carbons (Fsp3) is 0.278. The van der Waals surface area contributed by atoms with Crippen molar-refractivity contribution in [3.63, 3.8) is 0 Å². The number of carboxylic acids is 1. The van der Waals surface area contributed by atoms with Crippen molar-refractivity contribution in [1.82, 2.24) is 0 Å². The molecule has 1 aliphatic rings. The molecule has 0 unspecified atom stereocenters. The first kappa shape index (κ1) is 13.7. The molecule has 0 radical (unpaired) electrons. The van der Waals surface area contributed by atoms with Gasteiger partial charge in [-0.05, 0) is 49.1 Å². The number of benzene rings is 2. The Morgan fingerprint density at radius 2 is 1.90 bits per heavy atom. The van der Waals surface area contributed by atoms with Gasteiger partial charge in [0.1, 0.15) is 0 Å². The average molecular weight is 281 g/mol. The number of anilines is 1. The zero-order valence-electron chi connectivity index (χ0n) is 12.4. The van der Waals surface area contributed by atoms with E-state index < -0.39 is 5.97 Å². The number of aryl methyl sites for hydroxylation is 2. The summed E-state index contributed by atoms with van der Waals surface area (Å²) in [5.41, 5.74) is 6.90. The van der Waals surface area contributed by atoms with Gasteiger partial charge in [0, 0.05) is 18.8 Å². The Morgan fingerprint density at radius 3 is 2.57 bits per heavy atom. The maximum atomic E-state index is 10.9. The number of carboxylic acid groups (broad SMARTS) is 1. The van der Waals surface area contributed by atoms with Gasteiger partial charge in [-0.3, -0.25) is 0 Å². The first-order chi connectivity index (χ1) is 10.0. The van der Waals surface area contributed by atoms with E-state index in [-0.39, 0.29) is 0 Å². The third-order valence-electron chi connectivity index (χ3n) is 4.07. The molecule has 0 saturated heterocycles. The number of rotatable bonds is 3. The smallest absolute Gasteiger partial charge is 0.335 e. The summed E-state index contributed by atoms with van der Waals surface area (Å²) < 4.78 is 0. The Balaban J connectivity index is 1.84. The number of nitrogens with zero attached hydrogens (tertiary/aromatic N) is 1. The minimum atomic E-state index is -0.876. The van der Waals surface area contributed by atoms with Gasteiger partial charge >= 0.3 is 5.97 Å². The van der Waals surface area contributed by atoms with Gasteiger partial charge in [0.15, 0.2) is 0 Å². The monoisotopic (exact) mass is 281 g/mol. The predicted octanol–water partition coefficient (Wildman–Crippen LogP) is 3.56. The summed E-state index contributed by atoms with van der Waals surface area (Å²) >= 11 is 0. The van der Waals surface area contributed by atoms with Crippen LogP contribution in [0.3, 0.4) is 0 Å². The van der Waals surface area contributed by atoms with Gasteiger partial charge in [-0.25, -0.2) is 4.79 Å². The van der Waals surface area contributed by atoms with Crippen LogP contribution in [0.5, 0.6) is 0 Å². The van der Waals surface area contributed by atoms with E-state index in [1.807, 2.05) is 12.1 Å². The maximum absolute atomic E-state index is 10.9. The summed E-state index contributed by atoms with van der Waals surface area (Å²) in [4.78, 5) is 13.3. The van der Waals surface area contributed by atoms with E-state index in [1.165, 1.54) is 22.4 Å². The lowest BCUT2D eigenvalue weighted by Crippen LogP contribution is -2.20. The van der Waals surface area contributed by atoms with Crippen molar-refractivity contribution in [2.24, 2.45) is 0 Å². The van der Waals surface area contributed by atoms with Crippen molar-refractivity contribution in [3.05, 3.63) is 64.2 Å². The molecule has 2 aromatic carbocycles. The van der Waals surface area contributed by atoms with Crippen molar-refractivity contribution in [2.45, 2.75) is 26.8 Å². The Labute approximate surface area is 124 Å². The number of hydrogen-bond donors (Lipinski definition) is 1. The molecule has 0 atom stereocenters. The molecule has 1 aliphatic heterocycles. The Bertz CT molecular complexity index is 689. The molecule has 2 aromatic rings. The zero-order valence-corrected chi connectivity index (χ0v) is 12.4. The summed E-state index contributed by atoms with van der Waals surface area (Å²) in [6.07, 6.45) is 1.09. The molecule has 1 heterocycles. The van der Waals surface area contributed by atoms with Gasteiger partial charge in [0.25, 0.3) is 0 Å². The topological polar surface area (TPSA) is 40.5 Å². The molecule has 0 aliphatic carbocycles.